The topological polar surface area (TPSA) is 67.9 Å². The van der Waals surface area contributed by atoms with Gasteiger partial charge in [0.2, 0.25) is 11.8 Å². The van der Waals surface area contributed by atoms with E-state index in [1.165, 1.54) is 64.2 Å². The van der Waals surface area contributed by atoms with Crippen molar-refractivity contribution in [3.05, 3.63) is 0 Å². The highest BCUT2D eigenvalue weighted by molar-refractivity contribution is 5.83. The van der Waals surface area contributed by atoms with Gasteiger partial charge in [-0.05, 0) is 165 Å². The summed E-state index contributed by atoms with van der Waals surface area (Å²) in [7, 11) is 8.34. The molecule has 7 heteroatoms. The number of rotatable bonds is 14. The average Bonchev–Trinajstić information content (AvgIpc) is 3.62. The molecule has 264 valence electrons. The van der Waals surface area contributed by atoms with E-state index in [1.807, 2.05) is 0 Å². The molecule has 4 aliphatic carbocycles. The van der Waals surface area contributed by atoms with Crippen LogP contribution in [-0.4, -0.2) is 99.5 Å². The lowest BCUT2D eigenvalue weighted by Crippen LogP contribution is -2.53. The Labute approximate surface area is 282 Å². The molecule has 4 saturated carbocycles. The highest BCUT2D eigenvalue weighted by Gasteiger charge is 2.60. The zero-order chi connectivity index (χ0) is 33.1. The van der Waals surface area contributed by atoms with E-state index in [0.29, 0.717) is 36.1 Å². The van der Waals surface area contributed by atoms with Crippen LogP contribution in [0.4, 0.5) is 0 Å². The molecule has 10 atom stereocenters. The Morgan fingerprint density at radius 1 is 0.826 bits per heavy atom. The molecule has 1 saturated heterocycles. The predicted molar refractivity (Wildman–Crippen MR) is 189 cm³/mol. The van der Waals surface area contributed by atoms with Gasteiger partial charge in [0.1, 0.15) is 0 Å². The summed E-state index contributed by atoms with van der Waals surface area (Å²) >= 11 is 0. The normalized spacial score (nSPS) is 37.9. The van der Waals surface area contributed by atoms with Crippen LogP contribution in [0.25, 0.3) is 0 Å². The summed E-state index contributed by atoms with van der Waals surface area (Å²) in [4.78, 5) is 33.2. The molecule has 0 spiro atoms. The van der Waals surface area contributed by atoms with Gasteiger partial charge in [0.05, 0.1) is 6.04 Å². The van der Waals surface area contributed by atoms with Crippen LogP contribution in [-0.2, 0) is 9.59 Å². The van der Waals surface area contributed by atoms with Crippen molar-refractivity contribution in [1.29, 1.82) is 0 Å². The van der Waals surface area contributed by atoms with E-state index < -0.39 is 0 Å². The molecule has 2 amide bonds. The first kappa shape index (κ1) is 36.1. The molecule has 2 N–H and O–H groups in total. The van der Waals surface area contributed by atoms with E-state index in [0.717, 1.165) is 75.0 Å². The van der Waals surface area contributed by atoms with Crippen LogP contribution < -0.4 is 10.6 Å². The van der Waals surface area contributed by atoms with Gasteiger partial charge in [0.25, 0.3) is 0 Å². The van der Waals surface area contributed by atoms with Gasteiger partial charge in [-0.15, -0.1) is 0 Å². The Morgan fingerprint density at radius 2 is 1.52 bits per heavy atom. The molecule has 5 rings (SSSR count). The van der Waals surface area contributed by atoms with Crippen molar-refractivity contribution < 1.29 is 9.59 Å². The predicted octanol–water partition coefficient (Wildman–Crippen LogP) is 6.03. The monoisotopic (exact) mass is 642 g/mol. The summed E-state index contributed by atoms with van der Waals surface area (Å²) in [6, 6.07) is -0.151. The van der Waals surface area contributed by atoms with Crippen LogP contribution in [0.3, 0.4) is 0 Å². The van der Waals surface area contributed by atoms with Crippen molar-refractivity contribution >= 4 is 11.8 Å². The average molecular weight is 642 g/mol. The molecular formula is C39H71N5O2. The van der Waals surface area contributed by atoms with Crippen molar-refractivity contribution in [1.82, 2.24) is 25.3 Å². The fraction of sp³-hybridized carbons (Fsp3) is 0.949. The lowest BCUT2D eigenvalue weighted by atomic mass is 9.44. The number of carbonyl (C=O) groups excluding carboxylic acids is 2. The van der Waals surface area contributed by atoms with Gasteiger partial charge in [-0.2, -0.15) is 0 Å². The highest BCUT2D eigenvalue weighted by Crippen LogP contribution is 2.68. The van der Waals surface area contributed by atoms with Crippen LogP contribution in [0, 0.1) is 46.3 Å². The minimum atomic E-state index is -0.195. The quantitative estimate of drug-likeness (QED) is 0.243. The lowest BCUT2D eigenvalue weighted by Gasteiger charge is -2.61. The maximum atomic E-state index is 13.5. The van der Waals surface area contributed by atoms with Gasteiger partial charge in [-0.3, -0.25) is 9.59 Å². The van der Waals surface area contributed by atoms with E-state index >= 15 is 0 Å². The first-order valence-corrected chi connectivity index (χ1v) is 19.5. The number of amides is 2. The first-order valence-electron chi connectivity index (χ1n) is 19.5. The van der Waals surface area contributed by atoms with Crippen molar-refractivity contribution in [3.63, 3.8) is 0 Å². The molecule has 0 bridgehead atoms. The van der Waals surface area contributed by atoms with Gasteiger partial charge < -0.3 is 25.3 Å². The third kappa shape index (κ3) is 7.99. The number of hydrogen-bond donors (Lipinski definition) is 2. The Hall–Kier alpha value is -1.18. The second kappa shape index (κ2) is 15.6. The van der Waals surface area contributed by atoms with Crippen LogP contribution in [0.5, 0.6) is 0 Å². The van der Waals surface area contributed by atoms with Crippen LogP contribution in [0.15, 0.2) is 0 Å². The van der Waals surface area contributed by atoms with E-state index in [2.05, 4.69) is 74.3 Å². The molecule has 0 aromatic heterocycles. The summed E-state index contributed by atoms with van der Waals surface area (Å²) < 4.78 is 0. The SMILES string of the molecule is C[C@H](CCC(=O)N[C@@H]1CN[C@H](C(=O)N(CCCN(C)C)CCCN(C)C)C1)[C@H]1CCC2C3CCC4CCCC[C@]4(C)C3CC[C@@]21C. The lowest BCUT2D eigenvalue weighted by molar-refractivity contribution is -0.133. The summed E-state index contributed by atoms with van der Waals surface area (Å²) in [6.07, 6.45) is 18.8. The number of carbonyl (C=O) groups is 2. The minimum absolute atomic E-state index is 0.0436. The number of hydrogen-bond acceptors (Lipinski definition) is 5. The summed E-state index contributed by atoms with van der Waals surface area (Å²) in [5.74, 6) is 5.52. The van der Waals surface area contributed by atoms with Crippen LogP contribution in [0.2, 0.25) is 0 Å². The first-order chi connectivity index (χ1) is 21.9. The maximum absolute atomic E-state index is 13.5. The van der Waals surface area contributed by atoms with Crippen molar-refractivity contribution in [3.8, 4) is 0 Å². The Morgan fingerprint density at radius 3 is 2.22 bits per heavy atom. The van der Waals surface area contributed by atoms with E-state index in [-0.39, 0.29) is 23.9 Å². The van der Waals surface area contributed by atoms with Crippen LogP contribution in [0.1, 0.15) is 117 Å². The fourth-order valence-electron chi connectivity index (χ4n) is 11.9. The summed E-state index contributed by atoms with van der Waals surface area (Å²) in [5, 5.41) is 6.77. The maximum Gasteiger partial charge on any atom is 0.239 e. The fourth-order valence-corrected chi connectivity index (χ4v) is 11.9. The molecule has 0 aromatic rings. The van der Waals surface area contributed by atoms with Gasteiger partial charge in [-0.25, -0.2) is 0 Å². The van der Waals surface area contributed by atoms with Gasteiger partial charge in [0, 0.05) is 32.1 Å². The Kier molecular flexibility index (Phi) is 12.2. The van der Waals surface area contributed by atoms with E-state index in [9.17, 15) is 9.59 Å². The van der Waals surface area contributed by atoms with Crippen LogP contribution >= 0.6 is 0 Å². The second-order valence-electron chi connectivity index (χ2n) is 17.7. The minimum Gasteiger partial charge on any atom is -0.352 e. The molecule has 4 unspecified atom stereocenters. The van der Waals surface area contributed by atoms with Crippen molar-refractivity contribution in [2.24, 2.45) is 46.3 Å². The smallest absolute Gasteiger partial charge is 0.239 e. The van der Waals surface area contributed by atoms with E-state index in [1.54, 1.807) is 0 Å². The molecule has 7 nitrogen and oxygen atoms in total. The van der Waals surface area contributed by atoms with Crippen molar-refractivity contribution in [2.45, 2.75) is 129 Å². The summed E-state index contributed by atoms with van der Waals surface area (Å²) in [5.41, 5.74) is 1.07. The van der Waals surface area contributed by atoms with Crippen molar-refractivity contribution in [2.75, 3.05) is 60.9 Å². The molecule has 1 aliphatic heterocycles. The molecule has 1 heterocycles. The molecule has 5 fully saturated rings. The summed E-state index contributed by atoms with van der Waals surface area (Å²) in [6.45, 7) is 12.0. The van der Waals surface area contributed by atoms with Gasteiger partial charge in [0.15, 0.2) is 0 Å². The highest BCUT2D eigenvalue weighted by atomic mass is 16.2. The Balaban J connectivity index is 1.08. The number of fused-ring (bicyclic) bond motifs is 5. The van der Waals surface area contributed by atoms with Gasteiger partial charge in [-0.1, -0.05) is 33.6 Å². The zero-order valence-electron chi connectivity index (χ0n) is 30.9. The molecule has 0 aromatic carbocycles. The second-order valence-corrected chi connectivity index (χ2v) is 17.7. The standard InChI is InChI=1S/C39H71N5O2/c1-28(32-16-17-33-31-15-14-29-12-8-9-20-38(29,2)34(31)19-21-39(32,33)3)13-18-36(45)41-30-26-35(40-27-30)37(46)44(24-10-22-42(4)5)25-11-23-43(6)7/h28-35,40H,8-27H2,1-7H3,(H,41,45)/t28-,29?,30+,31?,32-,33?,34?,35+,38+,39-/m1/s1. The Bertz CT molecular complexity index is 1000. The van der Waals surface area contributed by atoms with E-state index in [4.69, 9.17) is 0 Å². The third-order valence-electron chi connectivity index (χ3n) is 14.3. The zero-order valence-corrected chi connectivity index (χ0v) is 30.9. The molecule has 0 radical (unpaired) electrons. The molecular weight excluding hydrogens is 570 g/mol. The molecule has 46 heavy (non-hydrogen) atoms. The largest absolute Gasteiger partial charge is 0.352 e. The number of nitrogens with zero attached hydrogens (tertiary/aromatic N) is 3. The third-order valence-corrected chi connectivity index (χ3v) is 14.3. The number of nitrogens with one attached hydrogen (secondary N) is 2. The van der Waals surface area contributed by atoms with Gasteiger partial charge >= 0.3 is 0 Å². The molecule has 5 aliphatic rings.